The molecule has 0 unspecified atom stereocenters. The second-order valence-corrected chi connectivity index (χ2v) is 20.1. The summed E-state index contributed by atoms with van der Waals surface area (Å²) in [7, 11) is 5.97. The zero-order valence-corrected chi connectivity index (χ0v) is 42.7. The predicted octanol–water partition coefficient (Wildman–Crippen LogP) is 5.03. The first-order chi connectivity index (χ1) is 32.7. The highest BCUT2D eigenvalue weighted by Crippen LogP contribution is 2.37. The Morgan fingerprint density at radius 1 is 0.884 bits per heavy atom. The Hall–Kier alpha value is -3.81. The average Bonchev–Trinajstić information content (AvgIpc) is 3.33. The molecule has 0 aromatic heterocycles. The molecule has 0 aromatic rings. The molecule has 390 valence electrons. The van der Waals surface area contributed by atoms with Crippen LogP contribution in [0.25, 0.3) is 0 Å². The van der Waals surface area contributed by atoms with E-state index in [1.807, 2.05) is 51.2 Å². The standard InChI is InChI=1S/C52H83N3O14/c1-30-16-12-11-13-17-31(2)42(64-8)28-37-21-19-35(6)52(63,69-37)48(59)49(60)55-23-15-14-18-39(55)50(61)67-43(38(53)26-36-20-22-41(44(27-36)65-9)68-51(62)54-7)29-40(56)32(3)25-34(5)46(58)47(66-10)45(57)33(4)24-30/h11-13,16-17,25,30,32-33,35-44,46-47,56,58,63H,14-15,18-24,26-29,53H2,1-10H3,(H,54,62)/b13-11+,16-12+,31-17+,34-25+/t30-,32-,33-,35-,36+,37+,38-,39+,40-,41-,42+,43+,44-,46-,47+,52-/m1/s1. The van der Waals surface area contributed by atoms with Crippen molar-refractivity contribution >= 4 is 29.5 Å². The lowest BCUT2D eigenvalue weighted by atomic mass is 9.80. The molecule has 2 amide bonds. The third kappa shape index (κ3) is 15.6. The van der Waals surface area contributed by atoms with Crippen molar-refractivity contribution in [2.45, 2.75) is 185 Å². The molecule has 0 spiro atoms. The minimum atomic E-state index is -2.45. The molecule has 3 heterocycles. The molecule has 3 fully saturated rings. The number of cyclic esters (lactones) is 1. The van der Waals surface area contributed by atoms with Crippen LogP contribution < -0.4 is 11.1 Å². The molecule has 2 saturated heterocycles. The van der Waals surface area contributed by atoms with E-state index in [1.165, 1.54) is 14.2 Å². The van der Waals surface area contributed by atoms with Gasteiger partial charge in [0.05, 0.1) is 24.4 Å². The number of fused-ring (bicyclic) bond motifs is 3. The number of rotatable bonds is 7. The van der Waals surface area contributed by atoms with Crippen LogP contribution in [-0.2, 0) is 47.6 Å². The Morgan fingerprint density at radius 2 is 1.61 bits per heavy atom. The number of nitrogens with zero attached hydrogens (tertiary/aromatic N) is 1. The number of nitrogens with one attached hydrogen (secondary N) is 1. The van der Waals surface area contributed by atoms with Gasteiger partial charge in [0.1, 0.15) is 30.5 Å². The molecule has 17 heteroatoms. The van der Waals surface area contributed by atoms with Gasteiger partial charge in [-0.2, -0.15) is 0 Å². The molecule has 1 aliphatic carbocycles. The number of carbonyl (C=O) groups is 5. The van der Waals surface area contributed by atoms with Crippen LogP contribution in [0.5, 0.6) is 0 Å². The predicted molar refractivity (Wildman–Crippen MR) is 258 cm³/mol. The normalized spacial score (nSPS) is 39.7. The topological polar surface area (TPSA) is 243 Å². The fourth-order valence-corrected chi connectivity index (χ4v) is 10.3. The zero-order chi connectivity index (χ0) is 51.2. The summed E-state index contributed by atoms with van der Waals surface area (Å²) < 4.78 is 35.1. The fraction of sp³-hybridized carbons (Fsp3) is 0.750. The zero-order valence-electron chi connectivity index (χ0n) is 42.7. The maximum atomic E-state index is 14.4. The van der Waals surface area contributed by atoms with Gasteiger partial charge in [0.2, 0.25) is 5.79 Å². The molecule has 4 aliphatic rings. The first-order valence-electron chi connectivity index (χ1n) is 25.0. The summed E-state index contributed by atoms with van der Waals surface area (Å²) in [4.78, 5) is 69.9. The lowest BCUT2D eigenvalue weighted by Gasteiger charge is -2.42. The Bertz CT molecular complexity index is 1850. The number of alkyl carbamates (subject to hydrolysis) is 1. The first kappa shape index (κ1) is 57.8. The Labute approximate surface area is 409 Å². The summed E-state index contributed by atoms with van der Waals surface area (Å²) in [5, 5.41) is 37.7. The van der Waals surface area contributed by atoms with E-state index >= 15 is 0 Å². The maximum absolute atomic E-state index is 14.4. The third-order valence-electron chi connectivity index (χ3n) is 14.8. The van der Waals surface area contributed by atoms with Crippen molar-refractivity contribution in [3.8, 4) is 0 Å². The molecular formula is C52H83N3O14. The van der Waals surface area contributed by atoms with Crippen LogP contribution in [0, 0.1) is 29.6 Å². The SMILES string of the molecule is CNC(=O)O[C@@H]1CC[C@@H](C[C@@H](N)[C@@H]2C[C@@H](O)[C@H](C)/C=C(\C)[C@@H](O)[C@@H](OC)C(=O)[C@H](C)C[C@H](C)/C=C/C=C/C=C(\C)[C@@H](OC)C[C@@H]3CC[C@@H](C)[C@@](O)(O3)C(=O)C(=O)N3CCCC[C@H]3C(=O)O2)C[C@H]1OC. The second-order valence-electron chi connectivity index (χ2n) is 20.1. The molecule has 69 heavy (non-hydrogen) atoms. The lowest BCUT2D eigenvalue weighted by molar-refractivity contribution is -0.265. The van der Waals surface area contributed by atoms with Crippen molar-refractivity contribution in [1.82, 2.24) is 10.2 Å². The van der Waals surface area contributed by atoms with Crippen LogP contribution in [0.2, 0.25) is 0 Å². The number of Topliss-reactive ketones (excluding diaryl/α,β-unsaturated/α-hetero) is 2. The van der Waals surface area contributed by atoms with Crippen LogP contribution in [0.1, 0.15) is 119 Å². The number of hydrogen-bond acceptors (Lipinski definition) is 15. The molecular weight excluding hydrogens is 891 g/mol. The van der Waals surface area contributed by atoms with E-state index in [9.17, 15) is 39.3 Å². The summed E-state index contributed by atoms with van der Waals surface area (Å²) in [6.07, 6.45) is 8.74. The number of aliphatic hydroxyl groups excluding tert-OH is 2. The first-order valence-corrected chi connectivity index (χ1v) is 25.0. The number of nitrogens with two attached hydrogens (primary N) is 1. The molecule has 1 saturated carbocycles. The molecule has 17 nitrogen and oxygen atoms in total. The number of carbonyl (C=O) groups excluding carboxylic acids is 5. The van der Waals surface area contributed by atoms with Gasteiger partial charge in [-0.05, 0) is 101 Å². The summed E-state index contributed by atoms with van der Waals surface area (Å²) >= 11 is 0. The monoisotopic (exact) mass is 974 g/mol. The van der Waals surface area contributed by atoms with Crippen molar-refractivity contribution in [2.75, 3.05) is 34.9 Å². The van der Waals surface area contributed by atoms with Crippen molar-refractivity contribution in [3.05, 3.63) is 47.6 Å². The maximum Gasteiger partial charge on any atom is 0.407 e. The Morgan fingerprint density at radius 3 is 2.28 bits per heavy atom. The lowest BCUT2D eigenvalue weighted by Crippen LogP contribution is -2.61. The Balaban J connectivity index is 1.70. The summed E-state index contributed by atoms with van der Waals surface area (Å²) in [5.41, 5.74) is 8.22. The Kier molecular flexibility index (Phi) is 22.7. The fourth-order valence-electron chi connectivity index (χ4n) is 10.3. The van der Waals surface area contributed by atoms with Crippen molar-refractivity contribution < 1.29 is 67.7 Å². The number of allylic oxidation sites excluding steroid dienone is 5. The van der Waals surface area contributed by atoms with Gasteiger partial charge in [0.15, 0.2) is 5.78 Å². The highest BCUT2D eigenvalue weighted by Gasteiger charge is 2.53. The molecule has 0 aromatic carbocycles. The molecule has 3 aliphatic heterocycles. The van der Waals surface area contributed by atoms with E-state index < -0.39 is 108 Å². The van der Waals surface area contributed by atoms with E-state index in [1.54, 1.807) is 41.1 Å². The van der Waals surface area contributed by atoms with Gasteiger partial charge >= 0.3 is 12.1 Å². The summed E-state index contributed by atoms with van der Waals surface area (Å²) in [6, 6.07) is -2.01. The minimum absolute atomic E-state index is 0.00992. The third-order valence-corrected chi connectivity index (χ3v) is 14.8. The summed E-state index contributed by atoms with van der Waals surface area (Å²) in [6.45, 7) is 10.8. The van der Waals surface area contributed by atoms with Crippen LogP contribution in [0.4, 0.5) is 4.79 Å². The van der Waals surface area contributed by atoms with Gasteiger partial charge in [-0.1, -0.05) is 64.2 Å². The van der Waals surface area contributed by atoms with Gasteiger partial charge in [-0.25, -0.2) is 9.59 Å². The van der Waals surface area contributed by atoms with Crippen LogP contribution in [0.3, 0.4) is 0 Å². The van der Waals surface area contributed by atoms with Crippen molar-refractivity contribution in [1.29, 1.82) is 0 Å². The smallest absolute Gasteiger partial charge is 0.407 e. The molecule has 0 radical (unpaired) electrons. The molecule has 6 N–H and O–H groups in total. The van der Waals surface area contributed by atoms with Crippen molar-refractivity contribution in [3.63, 3.8) is 0 Å². The van der Waals surface area contributed by atoms with E-state index in [0.29, 0.717) is 69.8 Å². The van der Waals surface area contributed by atoms with Crippen LogP contribution in [-0.4, -0.2) is 151 Å². The molecule has 16 atom stereocenters. The number of ketones is 2. The average molecular weight is 974 g/mol. The van der Waals surface area contributed by atoms with E-state index in [-0.39, 0.29) is 37.0 Å². The van der Waals surface area contributed by atoms with Crippen LogP contribution >= 0.6 is 0 Å². The largest absolute Gasteiger partial charge is 0.459 e. The van der Waals surface area contributed by atoms with Gasteiger partial charge in [0, 0.05) is 71.6 Å². The number of hydrogen-bond donors (Lipinski definition) is 5. The van der Waals surface area contributed by atoms with Gasteiger partial charge in [-0.15, -0.1) is 0 Å². The highest BCUT2D eigenvalue weighted by molar-refractivity contribution is 6.39. The highest BCUT2D eigenvalue weighted by atomic mass is 16.6. The quantitative estimate of drug-likeness (QED) is 0.128. The number of ether oxygens (including phenoxy) is 6. The molecule has 4 rings (SSSR count). The number of methoxy groups -OCH3 is 3. The molecule has 2 bridgehead atoms. The second kappa shape index (κ2) is 27.1. The summed E-state index contributed by atoms with van der Waals surface area (Å²) in [5.74, 6) is -7.57. The minimum Gasteiger partial charge on any atom is -0.459 e. The van der Waals surface area contributed by atoms with E-state index in [4.69, 9.17) is 34.2 Å². The van der Waals surface area contributed by atoms with Crippen molar-refractivity contribution in [2.24, 2.45) is 35.3 Å². The number of esters is 1. The van der Waals surface area contributed by atoms with E-state index in [2.05, 4.69) is 5.32 Å². The number of amides is 2. The van der Waals surface area contributed by atoms with Crippen LogP contribution in [0.15, 0.2) is 47.6 Å². The van der Waals surface area contributed by atoms with Gasteiger partial charge in [0.25, 0.3) is 11.7 Å². The van der Waals surface area contributed by atoms with E-state index in [0.717, 1.165) is 10.5 Å². The number of piperidine rings is 1. The van der Waals surface area contributed by atoms with Gasteiger partial charge < -0.3 is 59.7 Å². The van der Waals surface area contributed by atoms with Gasteiger partial charge in [-0.3, -0.25) is 14.4 Å². The number of aliphatic hydroxyl groups is 3.